The van der Waals surface area contributed by atoms with Crippen molar-refractivity contribution >= 4 is 29.1 Å². The van der Waals surface area contributed by atoms with Gasteiger partial charge in [-0.25, -0.2) is 0 Å². The highest BCUT2D eigenvalue weighted by Crippen LogP contribution is 2.27. The minimum atomic E-state index is -0.341. The number of carbonyl (C=O) groups is 2. The van der Waals surface area contributed by atoms with Gasteiger partial charge in [0.1, 0.15) is 0 Å². The number of anilines is 1. The van der Waals surface area contributed by atoms with E-state index < -0.39 is 0 Å². The van der Waals surface area contributed by atoms with Crippen LogP contribution in [0.3, 0.4) is 0 Å². The molecule has 0 aromatic heterocycles. The van der Waals surface area contributed by atoms with Crippen molar-refractivity contribution in [2.75, 3.05) is 57.5 Å². The second-order valence-corrected chi connectivity index (χ2v) is 8.41. The minimum Gasteiger partial charge on any atom is -0.381 e. The average Bonchev–Trinajstić information content (AvgIpc) is 3.39. The van der Waals surface area contributed by atoms with Gasteiger partial charge >= 0.3 is 0 Å². The topological polar surface area (TPSA) is 71.1 Å². The van der Waals surface area contributed by atoms with Crippen LogP contribution in [-0.2, 0) is 19.1 Å². The number of carbonyl (C=O) groups excluding carboxylic acids is 2. The normalized spacial score (nSPS) is 26.7. The van der Waals surface area contributed by atoms with Crippen molar-refractivity contribution in [3.8, 4) is 0 Å². The minimum absolute atomic E-state index is 0.0404. The van der Waals surface area contributed by atoms with E-state index in [-0.39, 0.29) is 30.2 Å². The zero-order chi connectivity index (χ0) is 20.2. The van der Waals surface area contributed by atoms with Gasteiger partial charge in [0.15, 0.2) is 0 Å². The van der Waals surface area contributed by atoms with Gasteiger partial charge in [0.05, 0.1) is 25.7 Å². The third kappa shape index (κ3) is 4.91. The van der Waals surface area contributed by atoms with Gasteiger partial charge < -0.3 is 19.7 Å². The monoisotopic (exact) mass is 421 g/mol. The molecule has 3 heterocycles. The van der Waals surface area contributed by atoms with Gasteiger partial charge in [0, 0.05) is 61.9 Å². The number of halogens is 1. The fourth-order valence-corrected chi connectivity index (χ4v) is 4.67. The van der Waals surface area contributed by atoms with Gasteiger partial charge in [-0.15, -0.1) is 0 Å². The molecule has 3 aliphatic rings. The first-order chi connectivity index (χ1) is 14.1. The van der Waals surface area contributed by atoms with Crippen molar-refractivity contribution in [2.45, 2.75) is 18.9 Å². The standard InChI is InChI=1S/C21H28ClN3O4/c22-17-2-1-3-18(11-17)25-13-16(10-20(25)26)21(27)23-12-19(15-4-7-29-14-15)24-5-8-28-9-6-24/h1-3,11,15-16,19H,4-10,12-14H2,(H,23,27). The molecule has 158 valence electrons. The molecule has 1 N–H and O–H groups in total. The summed E-state index contributed by atoms with van der Waals surface area (Å²) in [5.74, 6) is -0.0189. The second kappa shape index (κ2) is 9.43. The highest BCUT2D eigenvalue weighted by molar-refractivity contribution is 6.31. The van der Waals surface area contributed by atoms with Crippen LogP contribution in [-0.4, -0.2) is 75.4 Å². The van der Waals surface area contributed by atoms with Crippen molar-refractivity contribution in [3.05, 3.63) is 29.3 Å². The number of amides is 2. The Morgan fingerprint density at radius 1 is 1.24 bits per heavy atom. The number of nitrogens with one attached hydrogen (secondary N) is 1. The summed E-state index contributed by atoms with van der Waals surface area (Å²) in [6, 6.07) is 7.43. The second-order valence-electron chi connectivity index (χ2n) is 7.97. The number of benzene rings is 1. The Morgan fingerprint density at radius 2 is 2.07 bits per heavy atom. The predicted molar refractivity (Wildman–Crippen MR) is 110 cm³/mol. The molecular weight excluding hydrogens is 394 g/mol. The van der Waals surface area contributed by atoms with Gasteiger partial charge in [0.2, 0.25) is 11.8 Å². The molecule has 3 unspecified atom stereocenters. The molecule has 29 heavy (non-hydrogen) atoms. The smallest absolute Gasteiger partial charge is 0.227 e. The van der Waals surface area contributed by atoms with Crippen LogP contribution in [0.5, 0.6) is 0 Å². The van der Waals surface area contributed by atoms with Crippen LogP contribution in [0.15, 0.2) is 24.3 Å². The number of hydrogen-bond donors (Lipinski definition) is 1. The molecule has 0 bridgehead atoms. The van der Waals surface area contributed by atoms with Crippen molar-refractivity contribution in [1.82, 2.24) is 10.2 Å². The molecule has 7 nitrogen and oxygen atoms in total. The maximum atomic E-state index is 12.8. The van der Waals surface area contributed by atoms with E-state index in [0.29, 0.717) is 24.0 Å². The summed E-state index contributed by atoms with van der Waals surface area (Å²) >= 11 is 6.05. The highest BCUT2D eigenvalue weighted by Gasteiger charge is 2.37. The molecule has 8 heteroatoms. The SMILES string of the molecule is O=C(NCC(C1CCOC1)N1CCOCC1)C1CC(=O)N(c2cccc(Cl)c2)C1. The molecule has 4 rings (SSSR count). The number of nitrogens with zero attached hydrogens (tertiary/aromatic N) is 2. The van der Waals surface area contributed by atoms with Crippen molar-refractivity contribution in [2.24, 2.45) is 11.8 Å². The van der Waals surface area contributed by atoms with Crippen LogP contribution < -0.4 is 10.2 Å². The molecule has 0 aliphatic carbocycles. The molecule has 3 saturated heterocycles. The Balaban J connectivity index is 1.36. The Labute approximate surface area is 176 Å². The Hall–Kier alpha value is -1.67. The quantitative estimate of drug-likeness (QED) is 0.754. The number of ether oxygens (including phenoxy) is 2. The van der Waals surface area contributed by atoms with E-state index in [0.717, 1.165) is 51.6 Å². The first-order valence-corrected chi connectivity index (χ1v) is 10.7. The van der Waals surface area contributed by atoms with Crippen molar-refractivity contribution in [1.29, 1.82) is 0 Å². The molecule has 1 aromatic rings. The summed E-state index contributed by atoms with van der Waals surface area (Å²) in [5.41, 5.74) is 0.743. The number of morpholine rings is 1. The zero-order valence-corrected chi connectivity index (χ0v) is 17.3. The van der Waals surface area contributed by atoms with Crippen molar-refractivity contribution in [3.63, 3.8) is 0 Å². The summed E-state index contributed by atoms with van der Waals surface area (Å²) < 4.78 is 11.1. The van der Waals surface area contributed by atoms with Gasteiger partial charge in [0.25, 0.3) is 0 Å². The summed E-state index contributed by atoms with van der Waals surface area (Å²) in [4.78, 5) is 29.4. The maximum absolute atomic E-state index is 12.8. The molecule has 0 radical (unpaired) electrons. The molecule has 3 atom stereocenters. The molecule has 0 saturated carbocycles. The molecule has 3 aliphatic heterocycles. The first kappa shape index (κ1) is 20.6. The number of rotatable bonds is 6. The van der Waals surface area contributed by atoms with E-state index in [2.05, 4.69) is 10.2 Å². The van der Waals surface area contributed by atoms with E-state index >= 15 is 0 Å². The van der Waals surface area contributed by atoms with Crippen LogP contribution in [0, 0.1) is 11.8 Å². The average molecular weight is 422 g/mol. The van der Waals surface area contributed by atoms with E-state index in [9.17, 15) is 9.59 Å². The molecule has 0 spiro atoms. The fraction of sp³-hybridized carbons (Fsp3) is 0.619. The van der Waals surface area contributed by atoms with Gasteiger partial charge in [-0.2, -0.15) is 0 Å². The lowest BCUT2D eigenvalue weighted by molar-refractivity contribution is -0.126. The molecule has 1 aromatic carbocycles. The summed E-state index contributed by atoms with van der Waals surface area (Å²) in [5, 5.41) is 3.70. The lowest BCUT2D eigenvalue weighted by atomic mass is 9.96. The lowest BCUT2D eigenvalue weighted by Crippen LogP contribution is -2.53. The fourth-order valence-electron chi connectivity index (χ4n) is 4.49. The summed E-state index contributed by atoms with van der Waals surface area (Å²) in [7, 11) is 0. The van der Waals surface area contributed by atoms with Gasteiger partial charge in [-0.05, 0) is 24.6 Å². The van der Waals surface area contributed by atoms with E-state index in [1.54, 1.807) is 17.0 Å². The van der Waals surface area contributed by atoms with E-state index in [4.69, 9.17) is 21.1 Å². The largest absolute Gasteiger partial charge is 0.381 e. The summed E-state index contributed by atoms with van der Waals surface area (Å²) in [6.45, 7) is 5.69. The lowest BCUT2D eigenvalue weighted by Gasteiger charge is -2.37. The zero-order valence-electron chi connectivity index (χ0n) is 16.5. The van der Waals surface area contributed by atoms with Crippen LogP contribution >= 0.6 is 11.6 Å². The van der Waals surface area contributed by atoms with Crippen LogP contribution in [0.4, 0.5) is 5.69 Å². The highest BCUT2D eigenvalue weighted by atomic mass is 35.5. The third-order valence-electron chi connectivity index (χ3n) is 6.12. The van der Waals surface area contributed by atoms with Crippen LogP contribution in [0.2, 0.25) is 5.02 Å². The van der Waals surface area contributed by atoms with E-state index in [1.807, 2.05) is 12.1 Å². The number of hydrogen-bond acceptors (Lipinski definition) is 5. The Kier molecular flexibility index (Phi) is 6.70. The van der Waals surface area contributed by atoms with Gasteiger partial charge in [-0.3, -0.25) is 14.5 Å². The van der Waals surface area contributed by atoms with Crippen LogP contribution in [0.1, 0.15) is 12.8 Å². The third-order valence-corrected chi connectivity index (χ3v) is 6.36. The maximum Gasteiger partial charge on any atom is 0.227 e. The Morgan fingerprint density at radius 3 is 2.79 bits per heavy atom. The molecular formula is C21H28ClN3O4. The van der Waals surface area contributed by atoms with E-state index in [1.165, 1.54) is 0 Å². The van der Waals surface area contributed by atoms with Gasteiger partial charge in [-0.1, -0.05) is 17.7 Å². The predicted octanol–water partition coefficient (Wildman–Crippen LogP) is 1.55. The molecule has 2 amide bonds. The Bertz CT molecular complexity index is 734. The molecule has 3 fully saturated rings. The van der Waals surface area contributed by atoms with Crippen LogP contribution in [0.25, 0.3) is 0 Å². The summed E-state index contributed by atoms with van der Waals surface area (Å²) in [6.07, 6.45) is 1.25. The van der Waals surface area contributed by atoms with Crippen molar-refractivity contribution < 1.29 is 19.1 Å². The first-order valence-electron chi connectivity index (χ1n) is 10.3.